The number of aromatic amines is 1. The van der Waals surface area contributed by atoms with Crippen LogP contribution < -0.4 is 10.3 Å². The molecule has 0 saturated carbocycles. The molecular formula is C14H12N4O2. The summed E-state index contributed by atoms with van der Waals surface area (Å²) < 4.78 is 6.90. The van der Waals surface area contributed by atoms with E-state index in [9.17, 15) is 4.79 Å². The highest BCUT2D eigenvalue weighted by Crippen LogP contribution is 2.23. The number of nitriles is 2. The smallest absolute Gasteiger partial charge is 0.309 e. The minimum Gasteiger partial charge on any atom is -0.449 e. The second-order valence-electron chi connectivity index (χ2n) is 4.21. The lowest BCUT2D eigenvalue weighted by atomic mass is 10.1. The molecule has 0 spiro atoms. The van der Waals surface area contributed by atoms with E-state index in [1.165, 1.54) is 22.9 Å². The van der Waals surface area contributed by atoms with Crippen LogP contribution in [0.5, 0.6) is 11.5 Å². The van der Waals surface area contributed by atoms with Crippen molar-refractivity contribution in [2.24, 2.45) is 7.05 Å². The predicted octanol–water partition coefficient (Wildman–Crippen LogP) is 1.81. The standard InChI is InChI=1S/C14H12N4O2/c1-3-12-13(14(19)18(2)17-12)20-11-5-9(7-15)4-10(6-11)8-16/h4-6,17H,3H2,1-2H3. The summed E-state index contributed by atoms with van der Waals surface area (Å²) in [4.78, 5) is 11.9. The summed E-state index contributed by atoms with van der Waals surface area (Å²) in [6, 6.07) is 8.35. The largest absolute Gasteiger partial charge is 0.449 e. The number of rotatable bonds is 3. The summed E-state index contributed by atoms with van der Waals surface area (Å²) >= 11 is 0. The molecule has 1 aromatic carbocycles. The van der Waals surface area contributed by atoms with Crippen molar-refractivity contribution in [3.63, 3.8) is 0 Å². The molecule has 0 aliphatic rings. The van der Waals surface area contributed by atoms with Crippen molar-refractivity contribution in [1.82, 2.24) is 9.78 Å². The molecule has 0 bridgehead atoms. The highest BCUT2D eigenvalue weighted by Gasteiger charge is 2.14. The van der Waals surface area contributed by atoms with Crippen LogP contribution in [0.1, 0.15) is 23.7 Å². The first-order chi connectivity index (χ1) is 9.58. The number of aryl methyl sites for hydroxylation is 2. The average molecular weight is 268 g/mol. The van der Waals surface area contributed by atoms with Gasteiger partial charge in [0.1, 0.15) is 5.75 Å². The lowest BCUT2D eigenvalue weighted by molar-refractivity contribution is 0.471. The molecule has 0 unspecified atom stereocenters. The highest BCUT2D eigenvalue weighted by molar-refractivity contribution is 5.47. The van der Waals surface area contributed by atoms with Crippen molar-refractivity contribution in [2.75, 3.05) is 0 Å². The van der Waals surface area contributed by atoms with E-state index in [2.05, 4.69) is 5.10 Å². The lowest BCUT2D eigenvalue weighted by Crippen LogP contribution is -2.12. The third kappa shape index (κ3) is 2.40. The normalized spacial score (nSPS) is 9.80. The van der Waals surface area contributed by atoms with Gasteiger partial charge in [-0.25, -0.2) is 0 Å². The first kappa shape index (κ1) is 13.4. The Bertz CT molecular complexity index is 755. The van der Waals surface area contributed by atoms with Crippen molar-refractivity contribution in [2.45, 2.75) is 13.3 Å². The van der Waals surface area contributed by atoms with Gasteiger partial charge in [-0.2, -0.15) is 10.5 Å². The van der Waals surface area contributed by atoms with Crippen molar-refractivity contribution in [3.05, 3.63) is 45.4 Å². The quantitative estimate of drug-likeness (QED) is 0.918. The van der Waals surface area contributed by atoms with Gasteiger partial charge in [0.2, 0.25) is 5.75 Å². The summed E-state index contributed by atoms with van der Waals surface area (Å²) in [5.74, 6) is 0.487. The van der Waals surface area contributed by atoms with Crippen LogP contribution in [0.25, 0.3) is 0 Å². The number of hydrogen-bond acceptors (Lipinski definition) is 4. The molecule has 0 amide bonds. The second-order valence-corrected chi connectivity index (χ2v) is 4.21. The summed E-state index contributed by atoms with van der Waals surface area (Å²) in [5, 5.41) is 20.7. The predicted molar refractivity (Wildman–Crippen MR) is 71.4 cm³/mol. The molecule has 1 heterocycles. The van der Waals surface area contributed by atoms with Crippen molar-refractivity contribution in [1.29, 1.82) is 10.5 Å². The Morgan fingerprint density at radius 1 is 1.25 bits per heavy atom. The molecule has 1 aromatic heterocycles. The molecule has 2 rings (SSSR count). The molecule has 0 aliphatic heterocycles. The Balaban J connectivity index is 2.48. The van der Waals surface area contributed by atoms with Gasteiger partial charge in [0, 0.05) is 7.05 Å². The van der Waals surface area contributed by atoms with Crippen LogP contribution in [-0.4, -0.2) is 9.78 Å². The van der Waals surface area contributed by atoms with Crippen LogP contribution in [0.4, 0.5) is 0 Å². The number of aromatic nitrogens is 2. The average Bonchev–Trinajstić information content (AvgIpc) is 2.74. The van der Waals surface area contributed by atoms with Gasteiger partial charge < -0.3 is 4.74 Å². The lowest BCUT2D eigenvalue weighted by Gasteiger charge is -2.05. The number of nitrogens with one attached hydrogen (secondary N) is 1. The van der Waals surface area contributed by atoms with Crippen LogP contribution >= 0.6 is 0 Å². The van der Waals surface area contributed by atoms with Gasteiger partial charge in [-0.05, 0) is 24.6 Å². The molecule has 6 nitrogen and oxygen atoms in total. The van der Waals surface area contributed by atoms with E-state index in [1.807, 2.05) is 19.1 Å². The number of benzene rings is 1. The van der Waals surface area contributed by atoms with E-state index in [0.717, 1.165) is 0 Å². The Kier molecular flexibility index (Phi) is 3.58. The van der Waals surface area contributed by atoms with Gasteiger partial charge in [-0.3, -0.25) is 14.6 Å². The van der Waals surface area contributed by atoms with Crippen LogP contribution in [0.3, 0.4) is 0 Å². The van der Waals surface area contributed by atoms with E-state index < -0.39 is 0 Å². The fraction of sp³-hybridized carbons (Fsp3) is 0.214. The van der Waals surface area contributed by atoms with Crippen LogP contribution in [0.2, 0.25) is 0 Å². The first-order valence-electron chi connectivity index (χ1n) is 6.00. The maximum absolute atomic E-state index is 11.9. The van der Waals surface area contributed by atoms with Gasteiger partial charge in [-0.1, -0.05) is 6.92 Å². The van der Waals surface area contributed by atoms with Gasteiger partial charge in [0.05, 0.1) is 29.0 Å². The highest BCUT2D eigenvalue weighted by atomic mass is 16.5. The van der Waals surface area contributed by atoms with E-state index in [-0.39, 0.29) is 11.3 Å². The van der Waals surface area contributed by atoms with Crippen molar-refractivity contribution >= 4 is 0 Å². The molecule has 0 aliphatic carbocycles. The maximum Gasteiger partial charge on any atom is 0.309 e. The molecule has 0 radical (unpaired) electrons. The first-order valence-corrected chi connectivity index (χ1v) is 6.00. The van der Waals surface area contributed by atoms with Gasteiger partial charge in [0.15, 0.2) is 0 Å². The molecule has 6 heteroatoms. The Morgan fingerprint density at radius 2 is 1.85 bits per heavy atom. The molecule has 1 N–H and O–H groups in total. The van der Waals surface area contributed by atoms with Gasteiger partial charge in [-0.15, -0.1) is 0 Å². The Labute approximate surface area is 115 Å². The van der Waals surface area contributed by atoms with Gasteiger partial charge in [0.25, 0.3) is 0 Å². The zero-order chi connectivity index (χ0) is 14.7. The zero-order valence-corrected chi connectivity index (χ0v) is 11.1. The molecule has 20 heavy (non-hydrogen) atoms. The minimum absolute atomic E-state index is 0.189. The molecule has 0 atom stereocenters. The maximum atomic E-state index is 11.9. The second kappa shape index (κ2) is 5.33. The molecule has 0 saturated heterocycles. The fourth-order valence-electron chi connectivity index (χ4n) is 1.84. The third-order valence-corrected chi connectivity index (χ3v) is 2.81. The topological polar surface area (TPSA) is 94.6 Å². The third-order valence-electron chi connectivity index (χ3n) is 2.81. The number of H-pyrrole nitrogens is 1. The van der Waals surface area contributed by atoms with Gasteiger partial charge >= 0.3 is 5.56 Å². The number of hydrogen-bond donors (Lipinski definition) is 1. The molecule has 2 aromatic rings. The molecular weight excluding hydrogens is 256 g/mol. The van der Waals surface area contributed by atoms with Crippen LogP contribution in [-0.2, 0) is 13.5 Å². The Hall–Kier alpha value is -2.99. The summed E-state index contributed by atoms with van der Waals surface area (Å²) in [7, 11) is 1.60. The number of nitrogens with zero attached hydrogens (tertiary/aromatic N) is 3. The van der Waals surface area contributed by atoms with Crippen LogP contribution in [0.15, 0.2) is 23.0 Å². The molecule has 0 fully saturated rings. The van der Waals surface area contributed by atoms with Crippen molar-refractivity contribution in [3.8, 4) is 23.6 Å². The van der Waals surface area contributed by atoms with E-state index >= 15 is 0 Å². The summed E-state index contributed by atoms with van der Waals surface area (Å²) in [5.41, 5.74) is 0.995. The van der Waals surface area contributed by atoms with E-state index in [1.54, 1.807) is 7.05 Å². The summed E-state index contributed by atoms with van der Waals surface area (Å²) in [6.07, 6.45) is 0.606. The Morgan fingerprint density at radius 3 is 2.35 bits per heavy atom. The van der Waals surface area contributed by atoms with E-state index in [0.29, 0.717) is 29.0 Å². The monoisotopic (exact) mass is 268 g/mol. The molecule has 100 valence electrons. The zero-order valence-electron chi connectivity index (χ0n) is 11.1. The van der Waals surface area contributed by atoms with Crippen molar-refractivity contribution < 1.29 is 4.74 Å². The SMILES string of the molecule is CCc1[nH]n(C)c(=O)c1Oc1cc(C#N)cc(C#N)c1. The fourth-order valence-corrected chi connectivity index (χ4v) is 1.84. The minimum atomic E-state index is -0.289. The summed E-state index contributed by atoms with van der Waals surface area (Å²) in [6.45, 7) is 1.89. The van der Waals surface area contributed by atoms with Crippen LogP contribution in [0, 0.1) is 22.7 Å². The number of ether oxygens (including phenoxy) is 1. The van der Waals surface area contributed by atoms with E-state index in [4.69, 9.17) is 15.3 Å².